The Kier molecular flexibility index (Phi) is 7.53. The summed E-state index contributed by atoms with van der Waals surface area (Å²) >= 11 is 5.70. The predicted molar refractivity (Wildman–Crippen MR) is 135 cm³/mol. The summed E-state index contributed by atoms with van der Waals surface area (Å²) in [5, 5.41) is 10.0. The monoisotopic (exact) mass is 587 g/mol. The Morgan fingerprint density at radius 3 is 2.36 bits per heavy atom. The van der Waals surface area contributed by atoms with Crippen molar-refractivity contribution in [3.63, 3.8) is 0 Å². The van der Waals surface area contributed by atoms with Crippen LogP contribution < -0.4 is 16.8 Å². The summed E-state index contributed by atoms with van der Waals surface area (Å²) in [6.45, 7) is 0. The average Bonchev–Trinajstić information content (AvgIpc) is 3.19. The molecule has 1 aromatic heterocycles. The van der Waals surface area contributed by atoms with Crippen molar-refractivity contribution in [3.8, 4) is 0 Å². The molecule has 174 valence electrons. The highest BCUT2D eigenvalue weighted by Gasteiger charge is 2.28. The molecule has 1 unspecified atom stereocenters. The number of benzene rings is 2. The molecule has 2 aromatic carbocycles. The second-order valence-electron chi connectivity index (χ2n) is 6.43. The average molecular weight is 589 g/mol. The van der Waals surface area contributed by atoms with Crippen molar-refractivity contribution < 1.29 is 17.4 Å². The largest absolute Gasteiger partial charge is 0.383 e. The second-order valence-corrected chi connectivity index (χ2v) is 13.5. The smallest absolute Gasteiger partial charge is 0.316 e. The third-order valence-corrected chi connectivity index (χ3v) is 11.5. The molecule has 1 atom stereocenters. The molecule has 1 heterocycles. The molecule has 0 aliphatic rings. The van der Waals surface area contributed by atoms with E-state index in [9.17, 15) is 17.4 Å². The number of hydrogen-bond donors (Lipinski definition) is 4. The zero-order chi connectivity index (χ0) is 24.4. The van der Waals surface area contributed by atoms with Gasteiger partial charge in [-0.05, 0) is 48.7 Å². The van der Waals surface area contributed by atoms with Gasteiger partial charge in [0, 0.05) is 10.2 Å². The summed E-state index contributed by atoms with van der Waals surface area (Å²) in [5.41, 5.74) is 10.9. The Balaban J connectivity index is 2.33. The zero-order valence-corrected chi connectivity index (χ0v) is 21.8. The highest BCUT2D eigenvalue weighted by Crippen LogP contribution is 2.39. The van der Waals surface area contributed by atoms with Crippen LogP contribution in [0.1, 0.15) is 4.88 Å². The number of nitrogens with one attached hydrogen (secondary N) is 2. The van der Waals surface area contributed by atoms with Crippen LogP contribution in [0.3, 0.4) is 0 Å². The molecule has 0 radical (unpaired) electrons. The van der Waals surface area contributed by atoms with Crippen molar-refractivity contribution in [2.75, 3.05) is 11.6 Å². The van der Waals surface area contributed by atoms with Crippen LogP contribution in [0.2, 0.25) is 0 Å². The number of urea groups is 1. The Bertz CT molecular complexity index is 1480. The summed E-state index contributed by atoms with van der Waals surface area (Å²) in [6, 6.07) is 12.3. The number of hydrogen-bond acceptors (Lipinski definition) is 7. The number of amidine groups is 1. The lowest BCUT2D eigenvalue weighted by molar-refractivity contribution is 0.259. The Hall–Kier alpha value is -2.39. The van der Waals surface area contributed by atoms with Gasteiger partial charge in [0.25, 0.3) is 10.0 Å². The van der Waals surface area contributed by atoms with E-state index in [0.29, 0.717) is 13.6 Å². The third-order valence-electron chi connectivity index (χ3n) is 4.13. The second kappa shape index (κ2) is 9.85. The number of rotatable bonds is 7. The molecule has 0 aliphatic heterocycles. The first kappa shape index (κ1) is 25.2. The molecule has 0 saturated heterocycles. The number of carbonyl (C=O) groups is 1. The van der Waals surface area contributed by atoms with E-state index in [-0.39, 0.29) is 26.2 Å². The first-order valence-electron chi connectivity index (χ1n) is 8.94. The van der Waals surface area contributed by atoms with Crippen LogP contribution in [0.25, 0.3) is 0 Å². The number of nitrogen functional groups attached to an aromatic ring is 1. The number of nitrogens with zero attached hydrogens (tertiary/aromatic N) is 1. The van der Waals surface area contributed by atoms with E-state index in [1.807, 2.05) is 0 Å². The molecule has 3 aromatic rings. The van der Waals surface area contributed by atoms with Gasteiger partial charge < -0.3 is 16.8 Å². The molecule has 3 rings (SSSR count). The maximum absolute atomic E-state index is 14.4. The maximum Gasteiger partial charge on any atom is 0.316 e. The van der Waals surface area contributed by atoms with Gasteiger partial charge in [-0.3, -0.25) is 5.41 Å². The highest BCUT2D eigenvalue weighted by atomic mass is 79.9. The van der Waals surface area contributed by atoms with Gasteiger partial charge in [0.1, 0.15) is 15.6 Å². The molecular weight excluding hydrogens is 570 g/mol. The van der Waals surface area contributed by atoms with Crippen molar-refractivity contribution in [1.82, 2.24) is 0 Å². The number of anilines is 1. The van der Waals surface area contributed by atoms with Crippen molar-refractivity contribution in [2.24, 2.45) is 15.2 Å². The lowest BCUT2D eigenvalue weighted by atomic mass is 10.3. The number of amides is 2. The lowest BCUT2D eigenvalue weighted by Crippen LogP contribution is -2.19. The van der Waals surface area contributed by atoms with Gasteiger partial charge in [0.2, 0.25) is 0 Å². The standard InChI is InChI=1S/C19H18BrN5O4S4/c1-30-18-16(10-15(31-18)17(21)22)32(27,13-6-2-4-11(20)8-13)25-33(28,29)14-7-3-5-12(9-14)24-19(23)26/h2-10H,1H3,(H3,21,22)(H3,23,24,26). The highest BCUT2D eigenvalue weighted by molar-refractivity contribution is 9.10. The van der Waals surface area contributed by atoms with Crippen LogP contribution in [-0.4, -0.2) is 30.7 Å². The predicted octanol–water partition coefficient (Wildman–Crippen LogP) is 4.28. The van der Waals surface area contributed by atoms with Crippen LogP contribution in [0.5, 0.6) is 0 Å². The molecule has 2 amide bonds. The molecule has 0 saturated carbocycles. The summed E-state index contributed by atoms with van der Waals surface area (Å²) < 4.78 is 46.0. The van der Waals surface area contributed by atoms with Gasteiger partial charge in [0.15, 0.2) is 0 Å². The molecule has 0 fully saturated rings. The maximum atomic E-state index is 14.4. The molecule has 0 aliphatic carbocycles. The molecule has 0 spiro atoms. The lowest BCUT2D eigenvalue weighted by Gasteiger charge is -2.12. The molecule has 0 bridgehead atoms. The van der Waals surface area contributed by atoms with E-state index in [4.69, 9.17) is 16.9 Å². The normalized spacial score (nSPS) is 13.2. The fourth-order valence-corrected chi connectivity index (χ4v) is 9.87. The Morgan fingerprint density at radius 1 is 1.09 bits per heavy atom. The van der Waals surface area contributed by atoms with Crippen LogP contribution in [0.15, 0.2) is 81.7 Å². The fraction of sp³-hybridized carbons (Fsp3) is 0.0526. The van der Waals surface area contributed by atoms with Crippen LogP contribution in [0.4, 0.5) is 10.5 Å². The van der Waals surface area contributed by atoms with E-state index in [1.54, 1.807) is 18.4 Å². The van der Waals surface area contributed by atoms with Crippen molar-refractivity contribution >= 4 is 76.3 Å². The number of nitrogens with two attached hydrogens (primary N) is 2. The van der Waals surface area contributed by atoms with Crippen molar-refractivity contribution in [3.05, 3.63) is 63.9 Å². The van der Waals surface area contributed by atoms with E-state index in [1.165, 1.54) is 54.2 Å². The van der Waals surface area contributed by atoms with Gasteiger partial charge in [-0.1, -0.05) is 31.8 Å². The van der Waals surface area contributed by atoms with E-state index < -0.39 is 25.8 Å². The summed E-state index contributed by atoms with van der Waals surface area (Å²) in [4.78, 5) is 11.5. The zero-order valence-electron chi connectivity index (χ0n) is 16.9. The number of primary amides is 1. The SMILES string of the molecule is CSc1sc(C(=N)N)cc1S(=O)(=NS(=O)(=O)c1cccc(NC(N)=O)c1)c1cccc(Br)c1. The number of thiophene rings is 1. The first-order valence-corrected chi connectivity index (χ1v) is 14.7. The minimum atomic E-state index is -4.47. The quantitative estimate of drug-likeness (QED) is 0.182. The number of halogens is 1. The topological polar surface area (TPSA) is 169 Å². The minimum absolute atomic E-state index is 0.145. The van der Waals surface area contributed by atoms with E-state index in [0.717, 1.165) is 11.3 Å². The van der Waals surface area contributed by atoms with Gasteiger partial charge in [-0.25, -0.2) is 9.00 Å². The van der Waals surface area contributed by atoms with Crippen molar-refractivity contribution in [1.29, 1.82) is 5.41 Å². The number of sulfonamides is 1. The van der Waals surface area contributed by atoms with E-state index >= 15 is 0 Å². The molecule has 9 nitrogen and oxygen atoms in total. The molecule has 14 heteroatoms. The minimum Gasteiger partial charge on any atom is -0.383 e. The fourth-order valence-electron chi connectivity index (χ4n) is 2.73. The molecule has 33 heavy (non-hydrogen) atoms. The van der Waals surface area contributed by atoms with Gasteiger partial charge >= 0.3 is 6.03 Å². The summed E-state index contributed by atoms with van der Waals surface area (Å²) in [7, 11) is -8.20. The van der Waals surface area contributed by atoms with Crippen molar-refractivity contribution in [2.45, 2.75) is 18.9 Å². The number of carbonyl (C=O) groups excluding carboxylic acids is 1. The molecule has 6 N–H and O–H groups in total. The van der Waals surface area contributed by atoms with Gasteiger partial charge in [0.05, 0.1) is 23.8 Å². The first-order chi connectivity index (χ1) is 15.5. The molecular formula is C19H18BrN5O4S4. The Morgan fingerprint density at radius 2 is 1.76 bits per heavy atom. The summed E-state index contributed by atoms with van der Waals surface area (Å²) in [6.07, 6.45) is 1.74. The van der Waals surface area contributed by atoms with Crippen LogP contribution in [0, 0.1) is 5.41 Å². The third kappa shape index (κ3) is 5.58. The van der Waals surface area contributed by atoms with Crippen LogP contribution >= 0.6 is 39.0 Å². The van der Waals surface area contributed by atoms with Gasteiger partial charge in [-0.2, -0.15) is 8.42 Å². The van der Waals surface area contributed by atoms with E-state index in [2.05, 4.69) is 25.0 Å². The van der Waals surface area contributed by atoms with Crippen LogP contribution in [-0.2, 0) is 19.8 Å². The summed E-state index contributed by atoms with van der Waals surface area (Å²) in [5.74, 6) is -0.231. The Labute approximate surface area is 207 Å². The number of thioether (sulfide) groups is 1. The van der Waals surface area contributed by atoms with Gasteiger partial charge in [-0.15, -0.1) is 23.1 Å².